The minimum absolute atomic E-state index is 0. The van der Waals surface area contributed by atoms with E-state index in [2.05, 4.69) is 33.2 Å². The molecule has 3 nitrogen and oxygen atoms in total. The first kappa shape index (κ1) is 17.0. The summed E-state index contributed by atoms with van der Waals surface area (Å²) in [4.78, 5) is 11.7. The standard InChI is InChI=1S/C11H14ClIN2O.ClH/c1-7(14-2)6-15-11(16)8-3-4-9(12)10(13)5-8;/h3-5,7,14H,6H2,1-2H3,(H,15,16);1H. The average Bonchev–Trinajstić information content (AvgIpc) is 2.29. The van der Waals surface area contributed by atoms with Crippen LogP contribution in [0.15, 0.2) is 18.2 Å². The molecule has 0 aromatic heterocycles. The molecule has 17 heavy (non-hydrogen) atoms. The lowest BCUT2D eigenvalue weighted by Gasteiger charge is -2.11. The number of benzene rings is 1. The van der Waals surface area contributed by atoms with Crippen LogP contribution in [0.25, 0.3) is 0 Å². The van der Waals surface area contributed by atoms with Crippen molar-refractivity contribution in [3.63, 3.8) is 0 Å². The number of carbonyl (C=O) groups is 1. The van der Waals surface area contributed by atoms with Crippen LogP contribution < -0.4 is 10.6 Å². The van der Waals surface area contributed by atoms with Gasteiger partial charge in [-0.25, -0.2) is 0 Å². The van der Waals surface area contributed by atoms with Crippen molar-refractivity contribution in [2.45, 2.75) is 13.0 Å². The second-order valence-electron chi connectivity index (χ2n) is 3.53. The zero-order valence-electron chi connectivity index (χ0n) is 9.59. The second-order valence-corrected chi connectivity index (χ2v) is 5.10. The van der Waals surface area contributed by atoms with Gasteiger partial charge in [0.15, 0.2) is 0 Å². The first-order chi connectivity index (χ1) is 7.54. The van der Waals surface area contributed by atoms with Crippen molar-refractivity contribution in [1.29, 1.82) is 0 Å². The molecule has 0 aliphatic rings. The highest BCUT2D eigenvalue weighted by atomic mass is 127. The normalized spacial score (nSPS) is 11.5. The van der Waals surface area contributed by atoms with Gasteiger partial charge in [-0.1, -0.05) is 11.6 Å². The molecule has 0 saturated carbocycles. The molecule has 1 amide bonds. The van der Waals surface area contributed by atoms with Gasteiger partial charge < -0.3 is 10.6 Å². The summed E-state index contributed by atoms with van der Waals surface area (Å²) in [7, 11) is 1.86. The number of halogens is 3. The minimum atomic E-state index is -0.0725. The van der Waals surface area contributed by atoms with E-state index < -0.39 is 0 Å². The van der Waals surface area contributed by atoms with Crippen molar-refractivity contribution in [3.05, 3.63) is 32.4 Å². The van der Waals surface area contributed by atoms with Crippen molar-refractivity contribution in [2.75, 3.05) is 13.6 Å². The number of rotatable bonds is 4. The maximum Gasteiger partial charge on any atom is 0.251 e. The largest absolute Gasteiger partial charge is 0.350 e. The summed E-state index contributed by atoms with van der Waals surface area (Å²) in [5.41, 5.74) is 0.636. The van der Waals surface area contributed by atoms with Crippen LogP contribution in [0.1, 0.15) is 17.3 Å². The van der Waals surface area contributed by atoms with Crippen molar-refractivity contribution in [2.24, 2.45) is 0 Å². The Bertz CT molecular complexity index is 388. The van der Waals surface area contributed by atoms with Crippen molar-refractivity contribution in [3.8, 4) is 0 Å². The number of amides is 1. The van der Waals surface area contributed by atoms with E-state index in [4.69, 9.17) is 11.6 Å². The van der Waals surface area contributed by atoms with E-state index in [1.54, 1.807) is 18.2 Å². The predicted molar refractivity (Wildman–Crippen MR) is 82.3 cm³/mol. The van der Waals surface area contributed by atoms with Gasteiger partial charge in [0.25, 0.3) is 5.91 Å². The van der Waals surface area contributed by atoms with Crippen LogP contribution in [0.4, 0.5) is 0 Å². The van der Waals surface area contributed by atoms with E-state index in [1.807, 2.05) is 14.0 Å². The van der Waals surface area contributed by atoms with Crippen molar-refractivity contribution < 1.29 is 4.79 Å². The number of hydrogen-bond acceptors (Lipinski definition) is 2. The third kappa shape index (κ3) is 5.42. The highest BCUT2D eigenvalue weighted by molar-refractivity contribution is 14.1. The van der Waals surface area contributed by atoms with Crippen LogP contribution in [0, 0.1) is 3.57 Å². The summed E-state index contributed by atoms with van der Waals surface area (Å²) >= 11 is 7.99. The number of hydrogen-bond donors (Lipinski definition) is 2. The van der Waals surface area contributed by atoms with Gasteiger partial charge >= 0.3 is 0 Å². The maximum absolute atomic E-state index is 11.7. The van der Waals surface area contributed by atoms with Crippen LogP contribution in [-0.4, -0.2) is 25.5 Å². The van der Waals surface area contributed by atoms with Crippen molar-refractivity contribution >= 4 is 52.5 Å². The molecule has 0 bridgehead atoms. The Morgan fingerprint density at radius 1 is 1.53 bits per heavy atom. The summed E-state index contributed by atoms with van der Waals surface area (Å²) in [5, 5.41) is 6.57. The molecule has 0 fully saturated rings. The van der Waals surface area contributed by atoms with E-state index >= 15 is 0 Å². The number of nitrogens with one attached hydrogen (secondary N) is 2. The molecule has 0 heterocycles. The Labute approximate surface area is 126 Å². The Hall–Kier alpha value is -0.0400. The molecular weight excluding hydrogens is 374 g/mol. The van der Waals surface area contributed by atoms with Crippen LogP contribution >= 0.6 is 46.6 Å². The number of carbonyl (C=O) groups excluding carboxylic acids is 1. The molecule has 6 heteroatoms. The lowest BCUT2D eigenvalue weighted by atomic mass is 10.2. The van der Waals surface area contributed by atoms with Gasteiger partial charge in [0.05, 0.1) is 5.02 Å². The van der Waals surface area contributed by atoms with Gasteiger partial charge in [-0.05, 0) is 54.8 Å². The van der Waals surface area contributed by atoms with Gasteiger partial charge in [0.1, 0.15) is 0 Å². The molecule has 0 spiro atoms. The van der Waals surface area contributed by atoms with Crippen LogP contribution in [-0.2, 0) is 0 Å². The molecule has 0 aliphatic carbocycles. The third-order valence-corrected chi connectivity index (χ3v) is 3.78. The van der Waals surface area contributed by atoms with E-state index in [0.29, 0.717) is 17.1 Å². The minimum Gasteiger partial charge on any atom is -0.350 e. The number of likely N-dealkylation sites (N-methyl/N-ethyl adjacent to an activating group) is 1. The zero-order valence-corrected chi connectivity index (χ0v) is 13.3. The molecule has 0 saturated heterocycles. The Kier molecular flexibility index (Phi) is 8.11. The van der Waals surface area contributed by atoms with E-state index in [0.717, 1.165) is 3.57 Å². The quantitative estimate of drug-likeness (QED) is 0.778. The molecule has 1 rings (SSSR count). The Morgan fingerprint density at radius 2 is 2.18 bits per heavy atom. The summed E-state index contributed by atoms with van der Waals surface area (Å²) in [5.74, 6) is -0.0725. The molecule has 2 N–H and O–H groups in total. The smallest absolute Gasteiger partial charge is 0.251 e. The van der Waals surface area contributed by atoms with E-state index in [1.165, 1.54) is 0 Å². The fourth-order valence-electron chi connectivity index (χ4n) is 1.09. The lowest BCUT2D eigenvalue weighted by molar-refractivity contribution is 0.0950. The van der Waals surface area contributed by atoms with E-state index in [-0.39, 0.29) is 24.4 Å². The molecule has 1 aromatic rings. The summed E-state index contributed by atoms with van der Waals surface area (Å²) in [6.07, 6.45) is 0. The SMILES string of the molecule is CNC(C)CNC(=O)c1ccc(Cl)c(I)c1.Cl. The predicted octanol–water partition coefficient (Wildman–Crippen LogP) is 2.70. The van der Waals surface area contributed by atoms with E-state index in [9.17, 15) is 4.79 Å². The first-order valence-corrected chi connectivity index (χ1v) is 6.40. The monoisotopic (exact) mass is 388 g/mol. The zero-order chi connectivity index (χ0) is 12.1. The molecule has 1 aromatic carbocycles. The average molecular weight is 389 g/mol. The Balaban J connectivity index is 0.00000256. The van der Waals surface area contributed by atoms with Gasteiger partial charge in [-0.15, -0.1) is 12.4 Å². The fourth-order valence-corrected chi connectivity index (χ4v) is 1.72. The maximum atomic E-state index is 11.7. The summed E-state index contributed by atoms with van der Waals surface area (Å²) < 4.78 is 0.883. The first-order valence-electron chi connectivity index (χ1n) is 4.95. The molecular formula is C11H15Cl2IN2O. The molecule has 0 aliphatic heterocycles. The summed E-state index contributed by atoms with van der Waals surface area (Å²) in [6, 6.07) is 5.50. The fraction of sp³-hybridized carbons (Fsp3) is 0.364. The molecule has 96 valence electrons. The van der Waals surface area contributed by atoms with Gasteiger partial charge in [-0.3, -0.25) is 4.79 Å². The highest BCUT2D eigenvalue weighted by Gasteiger charge is 2.08. The van der Waals surface area contributed by atoms with Crippen molar-refractivity contribution in [1.82, 2.24) is 10.6 Å². The summed E-state index contributed by atoms with van der Waals surface area (Å²) in [6.45, 7) is 2.61. The topological polar surface area (TPSA) is 41.1 Å². The lowest BCUT2D eigenvalue weighted by Crippen LogP contribution is -2.37. The second kappa shape index (κ2) is 8.13. The molecule has 0 radical (unpaired) electrons. The van der Waals surface area contributed by atoms with Gasteiger partial charge in [0, 0.05) is 21.7 Å². The highest BCUT2D eigenvalue weighted by Crippen LogP contribution is 2.19. The van der Waals surface area contributed by atoms with Crippen LogP contribution in [0.5, 0.6) is 0 Å². The molecule has 1 atom stereocenters. The third-order valence-electron chi connectivity index (χ3n) is 2.24. The van der Waals surface area contributed by atoms with Crippen LogP contribution in [0.3, 0.4) is 0 Å². The van der Waals surface area contributed by atoms with Gasteiger partial charge in [-0.2, -0.15) is 0 Å². The Morgan fingerprint density at radius 3 is 2.71 bits per heavy atom. The van der Waals surface area contributed by atoms with Gasteiger partial charge in [0.2, 0.25) is 0 Å². The van der Waals surface area contributed by atoms with Crippen LogP contribution in [0.2, 0.25) is 5.02 Å². The molecule has 1 unspecified atom stereocenters.